The van der Waals surface area contributed by atoms with E-state index in [1.165, 1.54) is 26.8 Å². The van der Waals surface area contributed by atoms with E-state index in [0.29, 0.717) is 0 Å². The van der Waals surface area contributed by atoms with Crippen molar-refractivity contribution in [1.82, 2.24) is 0 Å². The molecule has 0 fully saturated rings. The van der Waals surface area contributed by atoms with Crippen molar-refractivity contribution >= 4 is 11.6 Å². The molecule has 1 aromatic carbocycles. The van der Waals surface area contributed by atoms with Gasteiger partial charge in [-0.15, -0.1) is 0 Å². The van der Waals surface area contributed by atoms with E-state index in [9.17, 15) is 24.9 Å². The molecule has 1 aromatic rings. The minimum absolute atomic E-state index is 0.0111. The van der Waals surface area contributed by atoms with E-state index < -0.39 is 23.2 Å². The summed E-state index contributed by atoms with van der Waals surface area (Å²) in [6, 6.07) is 2.31. The molecular formula is C14H16O5. The topological polar surface area (TPSA) is 94.8 Å². The van der Waals surface area contributed by atoms with Crippen LogP contribution in [0.2, 0.25) is 0 Å². The number of aromatic hydroxyl groups is 2. The van der Waals surface area contributed by atoms with Gasteiger partial charge in [-0.2, -0.15) is 0 Å². The highest BCUT2D eigenvalue weighted by atomic mass is 16.3. The molecule has 1 aliphatic rings. The Bertz CT molecular complexity index is 573. The first-order valence-electron chi connectivity index (χ1n) is 6.00. The second-order valence-corrected chi connectivity index (χ2v) is 5.28. The molecule has 102 valence electrons. The summed E-state index contributed by atoms with van der Waals surface area (Å²) < 4.78 is 0. The second kappa shape index (κ2) is 4.06. The SMILES string of the molecule is CC(=O)C1c2cc(O)cc(O)c2C(=O)C(C)C1(C)O. The standard InChI is InChI=1S/C14H16O5/c1-6-13(18)11-9(4-8(16)5-10(11)17)12(7(2)15)14(6,3)19/h4-6,12,16-17,19H,1-3H3. The van der Waals surface area contributed by atoms with Crippen LogP contribution in [-0.4, -0.2) is 32.5 Å². The van der Waals surface area contributed by atoms with Crippen LogP contribution in [0.4, 0.5) is 0 Å². The van der Waals surface area contributed by atoms with E-state index >= 15 is 0 Å². The van der Waals surface area contributed by atoms with Gasteiger partial charge >= 0.3 is 0 Å². The van der Waals surface area contributed by atoms with E-state index in [0.717, 1.165) is 6.07 Å². The maximum Gasteiger partial charge on any atom is 0.172 e. The molecule has 2 rings (SSSR count). The Labute approximate surface area is 110 Å². The molecule has 3 atom stereocenters. The Hall–Kier alpha value is -1.88. The lowest BCUT2D eigenvalue weighted by atomic mass is 9.65. The van der Waals surface area contributed by atoms with E-state index in [2.05, 4.69) is 0 Å². The van der Waals surface area contributed by atoms with Gasteiger partial charge in [0.25, 0.3) is 0 Å². The van der Waals surface area contributed by atoms with Crippen LogP contribution in [0.15, 0.2) is 12.1 Å². The average Bonchev–Trinajstić information content (AvgIpc) is 2.24. The lowest BCUT2D eigenvalue weighted by Crippen LogP contribution is -2.49. The molecular weight excluding hydrogens is 248 g/mol. The van der Waals surface area contributed by atoms with Crippen LogP contribution in [0.25, 0.3) is 0 Å². The van der Waals surface area contributed by atoms with Gasteiger partial charge in [0.1, 0.15) is 17.3 Å². The number of fused-ring (bicyclic) bond motifs is 1. The highest BCUT2D eigenvalue weighted by Crippen LogP contribution is 2.46. The van der Waals surface area contributed by atoms with Crippen molar-refractivity contribution in [1.29, 1.82) is 0 Å². The Morgan fingerprint density at radius 3 is 2.42 bits per heavy atom. The molecule has 0 saturated heterocycles. The zero-order valence-electron chi connectivity index (χ0n) is 11.0. The normalized spacial score (nSPS) is 30.0. The Kier molecular flexibility index (Phi) is 2.90. The highest BCUT2D eigenvalue weighted by molar-refractivity contribution is 6.06. The third-order valence-corrected chi connectivity index (χ3v) is 3.95. The molecule has 0 saturated carbocycles. The minimum Gasteiger partial charge on any atom is -0.508 e. The maximum atomic E-state index is 12.2. The fraction of sp³-hybridized carbons (Fsp3) is 0.429. The van der Waals surface area contributed by atoms with Crippen molar-refractivity contribution in [3.63, 3.8) is 0 Å². The third-order valence-electron chi connectivity index (χ3n) is 3.95. The average molecular weight is 264 g/mol. The van der Waals surface area contributed by atoms with Gasteiger partial charge in [-0.05, 0) is 25.5 Å². The molecule has 0 spiro atoms. The van der Waals surface area contributed by atoms with Crippen LogP contribution in [0.1, 0.15) is 42.6 Å². The van der Waals surface area contributed by atoms with Crippen LogP contribution in [0.3, 0.4) is 0 Å². The largest absolute Gasteiger partial charge is 0.508 e. The number of benzene rings is 1. The Balaban J connectivity index is 2.81. The number of phenolic OH excluding ortho intramolecular Hbond substituents is 2. The summed E-state index contributed by atoms with van der Waals surface area (Å²) in [4.78, 5) is 24.0. The third kappa shape index (κ3) is 1.81. The van der Waals surface area contributed by atoms with Gasteiger partial charge in [0, 0.05) is 12.0 Å². The number of phenols is 2. The number of ketones is 2. The van der Waals surface area contributed by atoms with Gasteiger partial charge in [-0.3, -0.25) is 9.59 Å². The molecule has 0 aliphatic heterocycles. The minimum atomic E-state index is -1.55. The van der Waals surface area contributed by atoms with Gasteiger partial charge in [0.05, 0.1) is 17.1 Å². The number of Topliss-reactive ketones (excluding diaryl/α,β-unsaturated/α-hetero) is 2. The molecule has 0 radical (unpaired) electrons. The zero-order valence-corrected chi connectivity index (χ0v) is 11.0. The number of hydrogen-bond donors (Lipinski definition) is 3. The lowest BCUT2D eigenvalue weighted by Gasteiger charge is -2.41. The van der Waals surface area contributed by atoms with Gasteiger partial charge in [-0.25, -0.2) is 0 Å². The summed E-state index contributed by atoms with van der Waals surface area (Å²) in [5, 5.41) is 29.8. The quantitative estimate of drug-likeness (QED) is 0.711. The summed E-state index contributed by atoms with van der Waals surface area (Å²) in [6.45, 7) is 4.26. The maximum absolute atomic E-state index is 12.2. The van der Waals surface area contributed by atoms with E-state index in [4.69, 9.17) is 0 Å². The van der Waals surface area contributed by atoms with E-state index in [-0.39, 0.29) is 28.4 Å². The first-order chi connectivity index (χ1) is 8.67. The molecule has 0 aromatic heterocycles. The smallest absolute Gasteiger partial charge is 0.172 e. The van der Waals surface area contributed by atoms with E-state index in [1.54, 1.807) is 0 Å². The van der Waals surface area contributed by atoms with Gasteiger partial charge in [0.2, 0.25) is 0 Å². The summed E-state index contributed by atoms with van der Waals surface area (Å²) in [6.07, 6.45) is 0. The van der Waals surface area contributed by atoms with Crippen LogP contribution in [0.5, 0.6) is 11.5 Å². The first kappa shape index (κ1) is 13.5. The number of hydrogen-bond acceptors (Lipinski definition) is 5. The van der Waals surface area contributed by atoms with Crippen molar-refractivity contribution in [3.05, 3.63) is 23.3 Å². The molecule has 0 heterocycles. The van der Waals surface area contributed by atoms with Crippen molar-refractivity contribution < 1.29 is 24.9 Å². The van der Waals surface area contributed by atoms with Gasteiger partial charge < -0.3 is 15.3 Å². The van der Waals surface area contributed by atoms with E-state index in [1.807, 2.05) is 0 Å². The van der Waals surface area contributed by atoms with Crippen molar-refractivity contribution in [2.45, 2.75) is 32.3 Å². The molecule has 0 bridgehead atoms. The zero-order chi connectivity index (χ0) is 14.5. The van der Waals surface area contributed by atoms with Crippen LogP contribution in [-0.2, 0) is 4.79 Å². The highest BCUT2D eigenvalue weighted by Gasteiger charge is 2.50. The molecule has 3 N–H and O–H groups in total. The Morgan fingerprint density at radius 2 is 1.89 bits per heavy atom. The fourth-order valence-corrected chi connectivity index (χ4v) is 2.81. The number of carbonyl (C=O) groups excluding carboxylic acids is 2. The predicted molar refractivity (Wildman–Crippen MR) is 67.3 cm³/mol. The molecule has 5 heteroatoms. The molecule has 0 amide bonds. The first-order valence-corrected chi connectivity index (χ1v) is 6.00. The summed E-state index contributed by atoms with van der Waals surface area (Å²) in [5.41, 5.74) is -1.36. The molecule has 19 heavy (non-hydrogen) atoms. The van der Waals surface area contributed by atoms with Crippen LogP contribution >= 0.6 is 0 Å². The van der Waals surface area contributed by atoms with Crippen LogP contribution in [0, 0.1) is 5.92 Å². The van der Waals surface area contributed by atoms with Gasteiger partial charge in [-0.1, -0.05) is 6.92 Å². The summed E-state index contributed by atoms with van der Waals surface area (Å²) in [7, 11) is 0. The van der Waals surface area contributed by atoms with Crippen LogP contribution < -0.4 is 0 Å². The van der Waals surface area contributed by atoms with Crippen molar-refractivity contribution in [2.75, 3.05) is 0 Å². The number of aliphatic hydroxyl groups is 1. The molecule has 1 aliphatic carbocycles. The predicted octanol–water partition coefficient (Wildman–Crippen LogP) is 1.35. The molecule has 3 unspecified atom stereocenters. The molecule has 5 nitrogen and oxygen atoms in total. The van der Waals surface area contributed by atoms with Crippen molar-refractivity contribution in [2.24, 2.45) is 5.92 Å². The van der Waals surface area contributed by atoms with Gasteiger partial charge in [0.15, 0.2) is 5.78 Å². The summed E-state index contributed by atoms with van der Waals surface area (Å²) in [5.74, 6) is -3.14. The number of carbonyl (C=O) groups is 2. The number of rotatable bonds is 1. The van der Waals surface area contributed by atoms with Crippen molar-refractivity contribution in [3.8, 4) is 11.5 Å². The second-order valence-electron chi connectivity index (χ2n) is 5.28. The fourth-order valence-electron chi connectivity index (χ4n) is 2.81. The lowest BCUT2D eigenvalue weighted by molar-refractivity contribution is -0.126. The Morgan fingerprint density at radius 1 is 1.32 bits per heavy atom. The monoisotopic (exact) mass is 264 g/mol. The summed E-state index contributed by atoms with van der Waals surface area (Å²) >= 11 is 0.